The molecular weight excluding hydrogens is 374 g/mol. The molecule has 0 radical (unpaired) electrons. The lowest BCUT2D eigenvalue weighted by molar-refractivity contribution is -0.384. The second-order valence-electron chi connectivity index (χ2n) is 6.68. The SMILES string of the molecule is C/C(=N/NC(=O)c1nn(C(C)C)c(=O)c2ccccc12)c1cccc([N+](=O)[O-])c1. The van der Waals surface area contributed by atoms with Crippen LogP contribution in [-0.2, 0) is 0 Å². The molecule has 3 rings (SSSR count). The molecule has 1 N–H and O–H groups in total. The van der Waals surface area contributed by atoms with Crippen LogP contribution in [0.1, 0.15) is 42.9 Å². The number of aromatic nitrogens is 2. The Balaban J connectivity index is 1.97. The third kappa shape index (κ3) is 4.03. The summed E-state index contributed by atoms with van der Waals surface area (Å²) in [5.74, 6) is -0.583. The number of rotatable bonds is 5. The number of nitro benzene ring substituents is 1. The average Bonchev–Trinajstić information content (AvgIpc) is 2.72. The summed E-state index contributed by atoms with van der Waals surface area (Å²) in [4.78, 5) is 35.7. The Hall–Kier alpha value is -3.88. The standard InChI is InChI=1S/C20H19N5O4/c1-12(2)24-20(27)17-10-5-4-9-16(17)18(23-24)19(26)22-21-13(3)14-7-6-8-15(11-14)25(28)29/h4-12H,1-3H3,(H,22,26)/b21-13-. The number of nitro groups is 1. The van der Waals surface area contributed by atoms with Crippen LogP contribution in [0.4, 0.5) is 5.69 Å². The van der Waals surface area contributed by atoms with E-state index in [0.717, 1.165) is 0 Å². The number of carbonyl (C=O) groups excluding carboxylic acids is 1. The number of amides is 1. The fraction of sp³-hybridized carbons (Fsp3) is 0.200. The number of nitrogens with one attached hydrogen (secondary N) is 1. The van der Waals surface area contributed by atoms with E-state index in [9.17, 15) is 19.7 Å². The molecule has 0 aliphatic rings. The number of benzene rings is 2. The molecule has 1 amide bonds. The van der Waals surface area contributed by atoms with Gasteiger partial charge in [-0.1, -0.05) is 30.3 Å². The Bertz CT molecular complexity index is 1200. The van der Waals surface area contributed by atoms with Gasteiger partial charge in [-0.2, -0.15) is 10.2 Å². The number of nitrogens with zero attached hydrogens (tertiary/aromatic N) is 4. The average molecular weight is 393 g/mol. The first-order chi connectivity index (χ1) is 13.8. The van der Waals surface area contributed by atoms with Gasteiger partial charge in [-0.25, -0.2) is 10.1 Å². The normalized spacial score (nSPS) is 11.7. The highest BCUT2D eigenvalue weighted by Gasteiger charge is 2.17. The first-order valence-corrected chi connectivity index (χ1v) is 8.90. The molecule has 9 heteroatoms. The minimum absolute atomic E-state index is 0.0694. The molecule has 0 bridgehead atoms. The van der Waals surface area contributed by atoms with Gasteiger partial charge in [0, 0.05) is 23.1 Å². The molecule has 148 valence electrons. The van der Waals surface area contributed by atoms with Crippen molar-refractivity contribution in [2.45, 2.75) is 26.8 Å². The molecule has 9 nitrogen and oxygen atoms in total. The summed E-state index contributed by atoms with van der Waals surface area (Å²) in [6.45, 7) is 5.23. The quantitative estimate of drug-likeness (QED) is 0.406. The van der Waals surface area contributed by atoms with Crippen LogP contribution in [0.5, 0.6) is 0 Å². The van der Waals surface area contributed by atoms with E-state index in [0.29, 0.717) is 22.0 Å². The largest absolute Gasteiger partial charge is 0.292 e. The Morgan fingerprint density at radius 3 is 2.52 bits per heavy atom. The molecule has 1 heterocycles. The summed E-state index contributed by atoms with van der Waals surface area (Å²) in [6, 6.07) is 12.5. The maximum absolute atomic E-state index is 12.8. The van der Waals surface area contributed by atoms with E-state index in [1.54, 1.807) is 57.2 Å². The van der Waals surface area contributed by atoms with Gasteiger partial charge in [-0.05, 0) is 26.8 Å². The van der Waals surface area contributed by atoms with Gasteiger partial charge >= 0.3 is 0 Å². The molecule has 29 heavy (non-hydrogen) atoms. The summed E-state index contributed by atoms with van der Waals surface area (Å²) in [5.41, 5.74) is 3.05. The van der Waals surface area contributed by atoms with Crippen molar-refractivity contribution in [2.24, 2.45) is 5.10 Å². The van der Waals surface area contributed by atoms with Gasteiger partial charge in [-0.15, -0.1) is 0 Å². The van der Waals surface area contributed by atoms with Crippen molar-refractivity contribution in [3.63, 3.8) is 0 Å². The smallest absolute Gasteiger partial charge is 0.267 e. The third-order valence-electron chi connectivity index (χ3n) is 4.33. The highest BCUT2D eigenvalue weighted by molar-refractivity contribution is 6.06. The zero-order valence-electron chi connectivity index (χ0n) is 16.1. The van der Waals surface area contributed by atoms with Gasteiger partial charge in [0.25, 0.3) is 17.2 Å². The molecular formula is C20H19N5O4. The van der Waals surface area contributed by atoms with E-state index >= 15 is 0 Å². The molecule has 0 saturated heterocycles. The van der Waals surface area contributed by atoms with Crippen LogP contribution in [-0.4, -0.2) is 26.3 Å². The van der Waals surface area contributed by atoms with Crippen molar-refractivity contribution in [3.05, 3.63) is 80.3 Å². The summed E-state index contributed by atoms with van der Waals surface area (Å²) in [7, 11) is 0. The van der Waals surface area contributed by atoms with Crippen LogP contribution in [0, 0.1) is 10.1 Å². The van der Waals surface area contributed by atoms with Crippen LogP contribution in [0.15, 0.2) is 58.4 Å². The van der Waals surface area contributed by atoms with Crippen LogP contribution in [0.3, 0.4) is 0 Å². The number of fused-ring (bicyclic) bond motifs is 1. The van der Waals surface area contributed by atoms with Crippen molar-refractivity contribution >= 4 is 28.1 Å². The summed E-state index contributed by atoms with van der Waals surface area (Å²) in [6.07, 6.45) is 0. The first-order valence-electron chi connectivity index (χ1n) is 8.90. The molecule has 0 fully saturated rings. The number of hydrogen-bond donors (Lipinski definition) is 1. The van der Waals surface area contributed by atoms with Crippen molar-refractivity contribution in [2.75, 3.05) is 0 Å². The van der Waals surface area contributed by atoms with Gasteiger partial charge in [0.15, 0.2) is 5.69 Å². The maximum Gasteiger partial charge on any atom is 0.292 e. The fourth-order valence-corrected chi connectivity index (χ4v) is 2.82. The Morgan fingerprint density at radius 1 is 1.17 bits per heavy atom. The first kappa shape index (κ1) is 19.9. The molecule has 0 saturated carbocycles. The molecule has 3 aromatic rings. The monoisotopic (exact) mass is 393 g/mol. The van der Waals surface area contributed by atoms with E-state index in [1.165, 1.54) is 16.8 Å². The zero-order valence-corrected chi connectivity index (χ0v) is 16.1. The molecule has 0 aliphatic heterocycles. The lowest BCUT2D eigenvalue weighted by Crippen LogP contribution is -2.30. The third-order valence-corrected chi connectivity index (χ3v) is 4.33. The second-order valence-corrected chi connectivity index (χ2v) is 6.68. The highest BCUT2D eigenvalue weighted by Crippen LogP contribution is 2.16. The van der Waals surface area contributed by atoms with Gasteiger partial charge in [0.2, 0.25) is 0 Å². The van der Waals surface area contributed by atoms with Crippen molar-refractivity contribution < 1.29 is 9.72 Å². The summed E-state index contributed by atoms with van der Waals surface area (Å²) < 4.78 is 1.26. The Morgan fingerprint density at radius 2 is 1.86 bits per heavy atom. The number of non-ortho nitro benzene ring substituents is 1. The number of hydrogen-bond acceptors (Lipinski definition) is 6. The van der Waals surface area contributed by atoms with Gasteiger partial charge in [-0.3, -0.25) is 19.7 Å². The lowest BCUT2D eigenvalue weighted by atomic mass is 10.1. The molecule has 2 aromatic carbocycles. The fourth-order valence-electron chi connectivity index (χ4n) is 2.82. The van der Waals surface area contributed by atoms with Gasteiger partial charge < -0.3 is 0 Å². The summed E-state index contributed by atoms with van der Waals surface area (Å²) >= 11 is 0. The molecule has 1 aromatic heterocycles. The minimum atomic E-state index is -0.583. The number of hydrazone groups is 1. The van der Waals surface area contributed by atoms with E-state index in [2.05, 4.69) is 15.6 Å². The lowest BCUT2D eigenvalue weighted by Gasteiger charge is -2.12. The zero-order chi connectivity index (χ0) is 21.1. The molecule has 0 unspecified atom stereocenters. The van der Waals surface area contributed by atoms with E-state index in [1.807, 2.05) is 0 Å². The molecule has 0 atom stereocenters. The number of carbonyl (C=O) groups is 1. The Labute approximate surface area is 165 Å². The topological polar surface area (TPSA) is 119 Å². The molecule has 0 aliphatic carbocycles. The van der Waals surface area contributed by atoms with Crippen molar-refractivity contribution in [1.82, 2.24) is 15.2 Å². The van der Waals surface area contributed by atoms with E-state index in [-0.39, 0.29) is 23.0 Å². The highest BCUT2D eigenvalue weighted by atomic mass is 16.6. The second kappa shape index (κ2) is 8.01. The minimum Gasteiger partial charge on any atom is -0.267 e. The predicted octanol–water partition coefficient (Wildman–Crippen LogP) is 3.04. The van der Waals surface area contributed by atoms with Crippen LogP contribution >= 0.6 is 0 Å². The van der Waals surface area contributed by atoms with Crippen LogP contribution in [0.2, 0.25) is 0 Å². The van der Waals surface area contributed by atoms with Crippen molar-refractivity contribution in [3.8, 4) is 0 Å². The van der Waals surface area contributed by atoms with Gasteiger partial charge in [0.05, 0.1) is 22.1 Å². The van der Waals surface area contributed by atoms with Crippen LogP contribution in [0.25, 0.3) is 10.8 Å². The van der Waals surface area contributed by atoms with Crippen LogP contribution < -0.4 is 11.0 Å². The van der Waals surface area contributed by atoms with E-state index in [4.69, 9.17) is 0 Å². The summed E-state index contributed by atoms with van der Waals surface area (Å²) in [5, 5.41) is 20.0. The maximum atomic E-state index is 12.8. The predicted molar refractivity (Wildman–Crippen MR) is 109 cm³/mol. The molecule has 0 spiro atoms. The Kier molecular flexibility index (Phi) is 5.49. The van der Waals surface area contributed by atoms with E-state index < -0.39 is 10.8 Å². The van der Waals surface area contributed by atoms with Crippen molar-refractivity contribution in [1.29, 1.82) is 0 Å². The van der Waals surface area contributed by atoms with Gasteiger partial charge in [0.1, 0.15) is 0 Å².